The van der Waals surface area contributed by atoms with Crippen LogP contribution in [0.1, 0.15) is 19.8 Å². The molecule has 2 nitrogen and oxygen atoms in total. The molecule has 1 fully saturated rings. The highest BCUT2D eigenvalue weighted by Gasteiger charge is 2.35. The number of hydrogen-bond acceptors (Lipinski definition) is 3. The van der Waals surface area contributed by atoms with E-state index in [9.17, 15) is 0 Å². The Morgan fingerprint density at radius 3 is 3.09 bits per heavy atom. The molecule has 3 heteroatoms. The Labute approximate surface area is 71.9 Å². The predicted molar refractivity (Wildman–Crippen MR) is 50.4 cm³/mol. The van der Waals surface area contributed by atoms with Crippen LogP contribution in [0.25, 0.3) is 0 Å². The molecule has 2 aliphatic heterocycles. The van der Waals surface area contributed by atoms with Crippen LogP contribution in [0.3, 0.4) is 0 Å². The molecule has 0 radical (unpaired) electrons. The highest BCUT2D eigenvalue weighted by molar-refractivity contribution is 8.01. The van der Waals surface area contributed by atoms with Gasteiger partial charge in [-0.05, 0) is 25.5 Å². The molecule has 1 atom stereocenters. The van der Waals surface area contributed by atoms with Crippen molar-refractivity contribution in [3.05, 3.63) is 0 Å². The molecular formula is C8H14N2S. The van der Waals surface area contributed by atoms with Gasteiger partial charge in [0.1, 0.15) is 5.84 Å². The van der Waals surface area contributed by atoms with Gasteiger partial charge in [-0.25, -0.2) is 0 Å². The Bertz CT molecular complexity index is 183. The molecule has 0 aromatic rings. The van der Waals surface area contributed by atoms with Gasteiger partial charge in [0, 0.05) is 6.54 Å². The topological polar surface area (TPSA) is 24.4 Å². The van der Waals surface area contributed by atoms with Gasteiger partial charge in [0.2, 0.25) is 0 Å². The summed E-state index contributed by atoms with van der Waals surface area (Å²) in [6.07, 6.45) is 2.64. The van der Waals surface area contributed by atoms with Crippen molar-refractivity contribution in [2.75, 3.05) is 18.8 Å². The number of hydrogen-bond donors (Lipinski definition) is 1. The lowest BCUT2D eigenvalue weighted by Gasteiger charge is -2.22. The van der Waals surface area contributed by atoms with Crippen molar-refractivity contribution in [3.8, 4) is 0 Å². The summed E-state index contributed by atoms with van der Waals surface area (Å²) in [5.74, 6) is 2.55. The lowest BCUT2D eigenvalue weighted by atomic mass is 10.0. The fourth-order valence-corrected chi connectivity index (χ4v) is 3.02. The van der Waals surface area contributed by atoms with Crippen LogP contribution in [0.15, 0.2) is 4.99 Å². The van der Waals surface area contributed by atoms with Crippen molar-refractivity contribution < 1.29 is 0 Å². The van der Waals surface area contributed by atoms with E-state index in [-0.39, 0.29) is 0 Å². The van der Waals surface area contributed by atoms with Gasteiger partial charge in [-0.2, -0.15) is 0 Å². The van der Waals surface area contributed by atoms with Gasteiger partial charge in [-0.3, -0.25) is 4.99 Å². The largest absolute Gasteiger partial charge is 0.371 e. The van der Waals surface area contributed by atoms with Crippen molar-refractivity contribution in [2.24, 2.45) is 4.99 Å². The first-order valence-corrected chi connectivity index (χ1v) is 5.23. The molecular weight excluding hydrogens is 156 g/mol. The van der Waals surface area contributed by atoms with E-state index in [4.69, 9.17) is 0 Å². The molecule has 2 heterocycles. The highest BCUT2D eigenvalue weighted by Crippen LogP contribution is 2.38. The Balaban J connectivity index is 2.12. The molecule has 0 bridgehead atoms. The Kier molecular flexibility index (Phi) is 1.83. The fraction of sp³-hybridized carbons (Fsp3) is 0.875. The number of nitrogens with zero attached hydrogens (tertiary/aromatic N) is 1. The fourth-order valence-electron chi connectivity index (χ4n) is 1.72. The summed E-state index contributed by atoms with van der Waals surface area (Å²) >= 11 is 2.05. The first-order chi connectivity index (χ1) is 5.31. The molecule has 1 saturated heterocycles. The molecule has 0 aromatic carbocycles. The van der Waals surface area contributed by atoms with Crippen molar-refractivity contribution in [2.45, 2.75) is 24.5 Å². The molecule has 1 N–H and O–H groups in total. The third kappa shape index (κ3) is 1.26. The number of thioether (sulfide) groups is 1. The van der Waals surface area contributed by atoms with E-state index in [1.54, 1.807) is 0 Å². The van der Waals surface area contributed by atoms with Crippen molar-refractivity contribution in [1.29, 1.82) is 0 Å². The quantitative estimate of drug-likeness (QED) is 0.641. The monoisotopic (exact) mass is 170 g/mol. The zero-order valence-corrected chi connectivity index (χ0v) is 7.71. The van der Waals surface area contributed by atoms with E-state index in [0.717, 1.165) is 13.1 Å². The van der Waals surface area contributed by atoms with Crippen LogP contribution >= 0.6 is 11.8 Å². The zero-order valence-electron chi connectivity index (χ0n) is 6.89. The maximum absolute atomic E-state index is 4.47. The van der Waals surface area contributed by atoms with Gasteiger partial charge in [0.25, 0.3) is 0 Å². The summed E-state index contributed by atoms with van der Waals surface area (Å²) in [5.41, 5.74) is 0. The Morgan fingerprint density at radius 2 is 2.55 bits per heavy atom. The second-order valence-electron chi connectivity index (χ2n) is 3.34. The van der Waals surface area contributed by atoms with Crippen LogP contribution in [0.5, 0.6) is 0 Å². The van der Waals surface area contributed by atoms with Gasteiger partial charge in [-0.15, -0.1) is 11.8 Å². The molecule has 62 valence electrons. The summed E-state index contributed by atoms with van der Waals surface area (Å²) in [6.45, 7) is 4.33. The predicted octanol–water partition coefficient (Wildman–Crippen LogP) is 1.27. The Hall–Kier alpha value is -0.180. The van der Waals surface area contributed by atoms with E-state index in [0.29, 0.717) is 4.75 Å². The van der Waals surface area contributed by atoms with Gasteiger partial charge in [0.05, 0.1) is 11.3 Å². The van der Waals surface area contributed by atoms with Gasteiger partial charge in [0.15, 0.2) is 0 Å². The SMILES string of the molecule is CC1(C2=NCCN2)CCCS1. The summed E-state index contributed by atoms with van der Waals surface area (Å²) < 4.78 is 0.330. The molecule has 2 aliphatic rings. The molecule has 2 rings (SSSR count). The molecule has 11 heavy (non-hydrogen) atoms. The van der Waals surface area contributed by atoms with E-state index < -0.39 is 0 Å². The lowest BCUT2D eigenvalue weighted by molar-refractivity contribution is 0.738. The molecule has 0 aliphatic carbocycles. The zero-order chi connectivity index (χ0) is 7.73. The normalized spacial score (nSPS) is 37.0. The van der Waals surface area contributed by atoms with Crippen LogP contribution in [-0.4, -0.2) is 29.4 Å². The van der Waals surface area contributed by atoms with E-state index in [1.165, 1.54) is 24.4 Å². The van der Waals surface area contributed by atoms with E-state index in [2.05, 4.69) is 17.2 Å². The van der Waals surface area contributed by atoms with Gasteiger partial charge < -0.3 is 5.32 Å². The van der Waals surface area contributed by atoms with Crippen molar-refractivity contribution in [3.63, 3.8) is 0 Å². The van der Waals surface area contributed by atoms with Gasteiger partial charge >= 0.3 is 0 Å². The van der Waals surface area contributed by atoms with Crippen LogP contribution in [-0.2, 0) is 0 Å². The number of aliphatic imine (C=N–C) groups is 1. The van der Waals surface area contributed by atoms with Crippen LogP contribution < -0.4 is 5.32 Å². The standard InChI is InChI=1S/C8H14N2S/c1-8(3-2-6-11-8)7-9-4-5-10-7/h2-6H2,1H3,(H,9,10). The third-order valence-electron chi connectivity index (χ3n) is 2.39. The molecule has 0 spiro atoms. The van der Waals surface area contributed by atoms with Crippen LogP contribution in [0, 0.1) is 0 Å². The maximum atomic E-state index is 4.47. The number of rotatable bonds is 1. The first kappa shape index (κ1) is 7.47. The average molecular weight is 170 g/mol. The summed E-state index contributed by atoms with van der Waals surface area (Å²) in [4.78, 5) is 4.47. The summed E-state index contributed by atoms with van der Waals surface area (Å²) in [7, 11) is 0. The number of nitrogens with one attached hydrogen (secondary N) is 1. The first-order valence-electron chi connectivity index (χ1n) is 4.24. The van der Waals surface area contributed by atoms with Crippen LogP contribution in [0.4, 0.5) is 0 Å². The van der Waals surface area contributed by atoms with Crippen LogP contribution in [0.2, 0.25) is 0 Å². The molecule has 0 saturated carbocycles. The second kappa shape index (κ2) is 2.70. The summed E-state index contributed by atoms with van der Waals surface area (Å²) in [5, 5.41) is 3.37. The smallest absolute Gasteiger partial charge is 0.112 e. The number of amidine groups is 1. The second-order valence-corrected chi connectivity index (χ2v) is 4.94. The minimum absolute atomic E-state index is 0.330. The van der Waals surface area contributed by atoms with Gasteiger partial charge in [-0.1, -0.05) is 0 Å². The Morgan fingerprint density at radius 1 is 1.64 bits per heavy atom. The minimum Gasteiger partial charge on any atom is -0.371 e. The highest BCUT2D eigenvalue weighted by atomic mass is 32.2. The molecule has 0 aromatic heterocycles. The molecule has 1 unspecified atom stereocenters. The third-order valence-corrected chi connectivity index (χ3v) is 3.92. The van der Waals surface area contributed by atoms with Crippen molar-refractivity contribution in [1.82, 2.24) is 5.32 Å². The average Bonchev–Trinajstić information content (AvgIpc) is 2.55. The minimum atomic E-state index is 0.330. The van der Waals surface area contributed by atoms with Crippen molar-refractivity contribution >= 4 is 17.6 Å². The molecule has 0 amide bonds. The maximum Gasteiger partial charge on any atom is 0.112 e. The summed E-state index contributed by atoms with van der Waals surface area (Å²) in [6, 6.07) is 0. The van der Waals surface area contributed by atoms with E-state index in [1.807, 2.05) is 11.8 Å². The lowest BCUT2D eigenvalue weighted by Crippen LogP contribution is -2.37. The van der Waals surface area contributed by atoms with E-state index >= 15 is 0 Å².